The molecule has 0 bridgehead atoms. The number of benzene rings is 2. The number of amides is 1. The Morgan fingerprint density at radius 1 is 1.15 bits per heavy atom. The average Bonchev–Trinajstić information content (AvgIpc) is 3.17. The van der Waals surface area contributed by atoms with Crippen LogP contribution in [0.3, 0.4) is 0 Å². The Hall–Kier alpha value is -3.00. The van der Waals surface area contributed by atoms with Gasteiger partial charge in [-0.05, 0) is 19.1 Å². The summed E-state index contributed by atoms with van der Waals surface area (Å²) >= 11 is 1.29. The largest absolute Gasteiger partial charge is 0.486 e. The zero-order valence-corrected chi connectivity index (χ0v) is 15.5. The molecular formula is C19H18N4O3S. The molecule has 1 amide bonds. The third-order valence-corrected chi connectivity index (χ3v) is 4.93. The van der Waals surface area contributed by atoms with Gasteiger partial charge >= 0.3 is 0 Å². The highest BCUT2D eigenvalue weighted by molar-refractivity contribution is 8.00. The minimum absolute atomic E-state index is 0.136. The monoisotopic (exact) mass is 382 g/mol. The first-order valence-electron chi connectivity index (χ1n) is 8.54. The first kappa shape index (κ1) is 17.4. The molecule has 3 aromatic rings. The summed E-state index contributed by atoms with van der Waals surface area (Å²) in [6.45, 7) is 2.86. The molecule has 0 radical (unpaired) electrons. The molecule has 2 heterocycles. The van der Waals surface area contributed by atoms with Crippen LogP contribution in [0, 0.1) is 0 Å². The molecule has 1 aliphatic rings. The number of H-pyrrole nitrogens is 1. The maximum Gasteiger partial charge on any atom is 0.237 e. The molecule has 1 aliphatic heterocycles. The molecule has 0 saturated carbocycles. The van der Waals surface area contributed by atoms with Gasteiger partial charge in [-0.2, -0.15) is 0 Å². The number of nitrogens with one attached hydrogen (secondary N) is 2. The van der Waals surface area contributed by atoms with Crippen LogP contribution in [-0.2, 0) is 4.79 Å². The quantitative estimate of drug-likeness (QED) is 0.658. The molecule has 138 valence electrons. The van der Waals surface area contributed by atoms with E-state index in [-0.39, 0.29) is 11.2 Å². The molecule has 2 aromatic carbocycles. The van der Waals surface area contributed by atoms with Crippen LogP contribution in [0.25, 0.3) is 11.4 Å². The summed E-state index contributed by atoms with van der Waals surface area (Å²) in [5.41, 5.74) is 1.61. The van der Waals surface area contributed by atoms with E-state index < -0.39 is 0 Å². The number of carbonyl (C=O) groups excluding carboxylic acids is 1. The van der Waals surface area contributed by atoms with E-state index >= 15 is 0 Å². The van der Waals surface area contributed by atoms with Crippen molar-refractivity contribution < 1.29 is 14.3 Å². The van der Waals surface area contributed by atoms with E-state index in [4.69, 9.17) is 9.47 Å². The van der Waals surface area contributed by atoms with E-state index in [9.17, 15) is 4.79 Å². The van der Waals surface area contributed by atoms with Crippen LogP contribution in [0.15, 0.2) is 53.7 Å². The standard InChI is InChI=1S/C19H18N4O3S/c1-12(27-19-21-17(22-23-19)13-5-3-2-4-6-13)18(24)20-14-7-8-15-16(11-14)26-10-9-25-15/h2-8,11-12H,9-10H2,1H3,(H,20,24)(H,21,22,23)/t12-/m0/s1. The number of rotatable bonds is 5. The van der Waals surface area contributed by atoms with Crippen molar-refractivity contribution in [3.63, 3.8) is 0 Å². The van der Waals surface area contributed by atoms with Gasteiger partial charge in [0.1, 0.15) is 13.2 Å². The normalized spacial score (nSPS) is 13.8. The summed E-state index contributed by atoms with van der Waals surface area (Å²) in [4.78, 5) is 16.9. The van der Waals surface area contributed by atoms with Gasteiger partial charge in [-0.1, -0.05) is 42.1 Å². The zero-order valence-electron chi connectivity index (χ0n) is 14.6. The van der Waals surface area contributed by atoms with E-state index in [0.717, 1.165) is 5.56 Å². The zero-order chi connectivity index (χ0) is 18.6. The van der Waals surface area contributed by atoms with Crippen LogP contribution in [0.4, 0.5) is 5.69 Å². The molecular weight excluding hydrogens is 364 g/mol. The number of aromatic nitrogens is 3. The van der Waals surface area contributed by atoms with Crippen molar-refractivity contribution in [2.45, 2.75) is 17.3 Å². The van der Waals surface area contributed by atoms with Crippen molar-refractivity contribution in [2.24, 2.45) is 0 Å². The van der Waals surface area contributed by atoms with Gasteiger partial charge in [0.2, 0.25) is 11.1 Å². The van der Waals surface area contributed by atoms with Gasteiger partial charge in [0.05, 0.1) is 5.25 Å². The third kappa shape index (κ3) is 4.06. The number of thioether (sulfide) groups is 1. The minimum atomic E-state index is -0.363. The fraction of sp³-hybridized carbons (Fsp3) is 0.211. The van der Waals surface area contributed by atoms with Crippen molar-refractivity contribution in [3.05, 3.63) is 48.5 Å². The second-order valence-corrected chi connectivity index (χ2v) is 7.25. The molecule has 2 N–H and O–H groups in total. The highest BCUT2D eigenvalue weighted by atomic mass is 32.2. The van der Waals surface area contributed by atoms with Crippen molar-refractivity contribution in [3.8, 4) is 22.9 Å². The van der Waals surface area contributed by atoms with Crippen molar-refractivity contribution in [1.82, 2.24) is 15.2 Å². The summed E-state index contributed by atoms with van der Waals surface area (Å²) in [7, 11) is 0. The highest BCUT2D eigenvalue weighted by Gasteiger charge is 2.19. The van der Waals surface area contributed by atoms with Gasteiger partial charge in [-0.15, -0.1) is 5.10 Å². The summed E-state index contributed by atoms with van der Waals surface area (Å²) in [6.07, 6.45) is 0. The summed E-state index contributed by atoms with van der Waals surface area (Å²) in [6, 6.07) is 15.1. The highest BCUT2D eigenvalue weighted by Crippen LogP contribution is 2.33. The van der Waals surface area contributed by atoms with Gasteiger partial charge < -0.3 is 14.8 Å². The van der Waals surface area contributed by atoms with Crippen molar-refractivity contribution in [1.29, 1.82) is 0 Å². The van der Waals surface area contributed by atoms with E-state index in [0.29, 0.717) is 41.4 Å². The fourth-order valence-corrected chi connectivity index (χ4v) is 3.33. The second-order valence-electron chi connectivity index (χ2n) is 5.94. The second kappa shape index (κ2) is 7.71. The van der Waals surface area contributed by atoms with Gasteiger partial charge in [-0.25, -0.2) is 4.98 Å². The van der Waals surface area contributed by atoms with Gasteiger partial charge in [0.25, 0.3) is 0 Å². The Labute approximate surface area is 160 Å². The average molecular weight is 382 g/mol. The van der Waals surface area contributed by atoms with Gasteiger partial charge in [0.15, 0.2) is 17.3 Å². The van der Waals surface area contributed by atoms with Crippen LogP contribution in [0.1, 0.15) is 6.92 Å². The predicted octanol–water partition coefficient (Wildman–Crippen LogP) is 3.36. The number of anilines is 1. The molecule has 0 saturated heterocycles. The third-order valence-electron chi connectivity index (χ3n) is 3.97. The summed E-state index contributed by atoms with van der Waals surface area (Å²) < 4.78 is 11.0. The SMILES string of the molecule is C[C@H](Sc1n[nH]c(-c2ccccc2)n1)C(=O)Nc1ccc2c(c1)OCCO2. The van der Waals surface area contributed by atoms with E-state index in [2.05, 4.69) is 20.5 Å². The first-order chi connectivity index (χ1) is 13.2. The van der Waals surface area contributed by atoms with Gasteiger partial charge in [-0.3, -0.25) is 9.89 Å². The Morgan fingerprint density at radius 2 is 1.93 bits per heavy atom. The number of ether oxygens (including phenoxy) is 2. The number of carbonyl (C=O) groups is 1. The number of nitrogens with zero attached hydrogens (tertiary/aromatic N) is 2. The maximum atomic E-state index is 12.5. The van der Waals surface area contributed by atoms with Crippen molar-refractivity contribution in [2.75, 3.05) is 18.5 Å². The number of fused-ring (bicyclic) bond motifs is 1. The molecule has 0 unspecified atom stereocenters. The van der Waals surface area contributed by atoms with Crippen molar-refractivity contribution >= 4 is 23.4 Å². The number of hydrogen-bond acceptors (Lipinski definition) is 6. The van der Waals surface area contributed by atoms with E-state index in [1.54, 1.807) is 18.2 Å². The Kier molecular flexibility index (Phi) is 4.97. The molecule has 4 rings (SSSR count). The van der Waals surface area contributed by atoms with E-state index in [1.807, 2.05) is 37.3 Å². The molecule has 1 atom stereocenters. The maximum absolute atomic E-state index is 12.5. The molecule has 27 heavy (non-hydrogen) atoms. The van der Waals surface area contributed by atoms with Crippen LogP contribution >= 0.6 is 11.8 Å². The van der Waals surface area contributed by atoms with E-state index in [1.165, 1.54) is 11.8 Å². The first-order valence-corrected chi connectivity index (χ1v) is 9.42. The van der Waals surface area contributed by atoms with Crippen LogP contribution in [-0.4, -0.2) is 39.6 Å². The van der Waals surface area contributed by atoms with Gasteiger partial charge in [0, 0.05) is 17.3 Å². The molecule has 7 nitrogen and oxygen atoms in total. The molecule has 8 heteroatoms. The predicted molar refractivity (Wildman–Crippen MR) is 103 cm³/mol. The lowest BCUT2D eigenvalue weighted by Crippen LogP contribution is -2.23. The molecule has 0 fully saturated rings. The molecule has 0 aliphatic carbocycles. The smallest absolute Gasteiger partial charge is 0.237 e. The fourth-order valence-electron chi connectivity index (χ4n) is 2.60. The van der Waals surface area contributed by atoms with Crippen LogP contribution in [0.2, 0.25) is 0 Å². The van der Waals surface area contributed by atoms with Crippen LogP contribution in [0.5, 0.6) is 11.5 Å². The lowest BCUT2D eigenvalue weighted by atomic mass is 10.2. The molecule has 0 spiro atoms. The van der Waals surface area contributed by atoms with Crippen LogP contribution < -0.4 is 14.8 Å². The minimum Gasteiger partial charge on any atom is -0.486 e. The summed E-state index contributed by atoms with van der Waals surface area (Å²) in [5.74, 6) is 1.87. The molecule has 1 aromatic heterocycles. The Morgan fingerprint density at radius 3 is 2.74 bits per heavy atom. The Balaban J connectivity index is 1.39. The topological polar surface area (TPSA) is 89.1 Å². The Bertz CT molecular complexity index is 945. The number of aromatic amines is 1. The summed E-state index contributed by atoms with van der Waals surface area (Å²) in [5, 5.41) is 10.1. The lowest BCUT2D eigenvalue weighted by Gasteiger charge is -2.19. The lowest BCUT2D eigenvalue weighted by molar-refractivity contribution is -0.115. The number of hydrogen-bond donors (Lipinski definition) is 2.